The van der Waals surface area contributed by atoms with Crippen molar-refractivity contribution < 1.29 is 24.2 Å². The maximum absolute atomic E-state index is 12.5. The van der Waals surface area contributed by atoms with E-state index in [1.807, 2.05) is 4.90 Å². The van der Waals surface area contributed by atoms with Crippen LogP contribution in [0, 0.1) is 5.92 Å². The summed E-state index contributed by atoms with van der Waals surface area (Å²) in [7, 11) is 0. The number of likely N-dealkylation sites (tertiary alicyclic amines) is 2. The van der Waals surface area contributed by atoms with Crippen molar-refractivity contribution in [3.05, 3.63) is 0 Å². The second-order valence-corrected chi connectivity index (χ2v) is 7.28. The third kappa shape index (κ3) is 4.36. The molecule has 2 aliphatic rings. The topological polar surface area (TPSA) is 87.2 Å². The lowest BCUT2D eigenvalue weighted by Crippen LogP contribution is -2.53. The minimum Gasteiger partial charge on any atom is -0.480 e. The number of nitrogens with zero attached hydrogens (tertiary/aromatic N) is 2. The van der Waals surface area contributed by atoms with Gasteiger partial charge in [-0.25, -0.2) is 9.59 Å². The average Bonchev–Trinajstić information content (AvgIpc) is 2.98. The molecule has 7 heteroatoms. The lowest BCUT2D eigenvalue weighted by Gasteiger charge is -2.38. The van der Waals surface area contributed by atoms with Gasteiger partial charge in [0.2, 0.25) is 5.91 Å². The second kappa shape index (κ2) is 6.76. The summed E-state index contributed by atoms with van der Waals surface area (Å²) < 4.78 is 5.28. The van der Waals surface area contributed by atoms with E-state index in [0.29, 0.717) is 6.42 Å². The highest BCUT2D eigenvalue weighted by atomic mass is 16.6. The van der Waals surface area contributed by atoms with Gasteiger partial charge in [0, 0.05) is 25.6 Å². The van der Waals surface area contributed by atoms with Crippen LogP contribution in [0.5, 0.6) is 0 Å². The molecule has 2 rings (SSSR count). The Kier molecular flexibility index (Phi) is 5.16. The van der Waals surface area contributed by atoms with Crippen molar-refractivity contribution in [3.8, 4) is 0 Å². The zero-order valence-electron chi connectivity index (χ0n) is 14.1. The SMILES string of the molecule is CC(C)(C)OC(=O)N1CC[C@H](C(=O)N2CCCC2)C[C@@H]1C(=O)O. The van der Waals surface area contributed by atoms with Gasteiger partial charge in [0.25, 0.3) is 0 Å². The number of piperidine rings is 1. The van der Waals surface area contributed by atoms with Crippen LogP contribution in [0.2, 0.25) is 0 Å². The predicted octanol–water partition coefficient (Wildman–Crippen LogP) is 1.71. The maximum Gasteiger partial charge on any atom is 0.411 e. The largest absolute Gasteiger partial charge is 0.480 e. The van der Waals surface area contributed by atoms with Crippen LogP contribution < -0.4 is 0 Å². The first kappa shape index (κ1) is 17.6. The lowest BCUT2D eigenvalue weighted by molar-refractivity contribution is -0.147. The normalized spacial score (nSPS) is 25.3. The molecule has 130 valence electrons. The molecule has 2 heterocycles. The molecule has 0 spiro atoms. The summed E-state index contributed by atoms with van der Waals surface area (Å²) in [6.07, 6.45) is 2.02. The third-order valence-electron chi connectivity index (χ3n) is 4.28. The molecular weight excluding hydrogens is 300 g/mol. The first-order chi connectivity index (χ1) is 10.7. The summed E-state index contributed by atoms with van der Waals surface area (Å²) in [6.45, 7) is 6.96. The van der Waals surface area contributed by atoms with Gasteiger partial charge in [0.15, 0.2) is 0 Å². The van der Waals surface area contributed by atoms with Gasteiger partial charge in [-0.05, 0) is 46.5 Å². The van der Waals surface area contributed by atoms with E-state index in [1.54, 1.807) is 20.8 Å². The van der Waals surface area contributed by atoms with Crippen LogP contribution in [-0.4, -0.2) is 64.2 Å². The molecule has 7 nitrogen and oxygen atoms in total. The Morgan fingerprint density at radius 1 is 1.09 bits per heavy atom. The molecule has 0 aromatic heterocycles. The number of hydrogen-bond donors (Lipinski definition) is 1. The van der Waals surface area contributed by atoms with Crippen LogP contribution >= 0.6 is 0 Å². The summed E-state index contributed by atoms with van der Waals surface area (Å²) in [4.78, 5) is 39.3. The van der Waals surface area contributed by atoms with Crippen molar-refractivity contribution in [3.63, 3.8) is 0 Å². The third-order valence-corrected chi connectivity index (χ3v) is 4.28. The minimum absolute atomic E-state index is 0.0255. The van der Waals surface area contributed by atoms with E-state index in [1.165, 1.54) is 4.90 Å². The number of hydrogen-bond acceptors (Lipinski definition) is 4. The Morgan fingerprint density at radius 2 is 1.70 bits per heavy atom. The summed E-state index contributed by atoms with van der Waals surface area (Å²) in [6, 6.07) is -1.00. The average molecular weight is 326 g/mol. The van der Waals surface area contributed by atoms with Crippen molar-refractivity contribution in [2.24, 2.45) is 5.92 Å². The summed E-state index contributed by atoms with van der Waals surface area (Å²) in [5.74, 6) is -1.39. The van der Waals surface area contributed by atoms with E-state index in [4.69, 9.17) is 4.74 Å². The van der Waals surface area contributed by atoms with Crippen molar-refractivity contribution in [1.29, 1.82) is 0 Å². The van der Waals surface area contributed by atoms with Gasteiger partial charge in [-0.2, -0.15) is 0 Å². The smallest absolute Gasteiger partial charge is 0.411 e. The van der Waals surface area contributed by atoms with Crippen molar-refractivity contribution in [2.45, 2.75) is 58.1 Å². The van der Waals surface area contributed by atoms with Crippen LogP contribution in [0.1, 0.15) is 46.5 Å². The van der Waals surface area contributed by atoms with Gasteiger partial charge in [0.05, 0.1) is 0 Å². The van der Waals surface area contributed by atoms with Gasteiger partial charge < -0.3 is 14.7 Å². The van der Waals surface area contributed by atoms with E-state index in [9.17, 15) is 19.5 Å². The van der Waals surface area contributed by atoms with E-state index in [0.717, 1.165) is 25.9 Å². The molecular formula is C16H26N2O5. The quantitative estimate of drug-likeness (QED) is 0.834. The Hall–Kier alpha value is -1.79. The van der Waals surface area contributed by atoms with E-state index in [2.05, 4.69) is 0 Å². The van der Waals surface area contributed by atoms with Gasteiger partial charge in [-0.15, -0.1) is 0 Å². The molecule has 0 radical (unpaired) electrons. The van der Waals surface area contributed by atoms with Crippen LogP contribution in [0.3, 0.4) is 0 Å². The van der Waals surface area contributed by atoms with E-state index >= 15 is 0 Å². The van der Waals surface area contributed by atoms with Crippen LogP contribution in [0.15, 0.2) is 0 Å². The molecule has 2 fully saturated rings. The number of carboxylic acids is 1. The zero-order chi connectivity index (χ0) is 17.2. The number of ether oxygens (including phenoxy) is 1. The molecule has 1 N–H and O–H groups in total. The van der Waals surface area contributed by atoms with Gasteiger partial charge in [-0.3, -0.25) is 9.69 Å². The number of rotatable bonds is 2. The van der Waals surface area contributed by atoms with Crippen molar-refractivity contribution in [1.82, 2.24) is 9.80 Å². The van der Waals surface area contributed by atoms with Crippen molar-refractivity contribution in [2.75, 3.05) is 19.6 Å². The Morgan fingerprint density at radius 3 is 2.22 bits per heavy atom. The molecule has 2 saturated heterocycles. The van der Waals surface area contributed by atoms with Gasteiger partial charge in [-0.1, -0.05) is 0 Å². The highest BCUT2D eigenvalue weighted by Gasteiger charge is 2.41. The zero-order valence-corrected chi connectivity index (χ0v) is 14.1. The molecule has 23 heavy (non-hydrogen) atoms. The highest BCUT2D eigenvalue weighted by molar-refractivity contribution is 5.84. The molecule has 2 aliphatic heterocycles. The minimum atomic E-state index is -1.09. The first-order valence-corrected chi connectivity index (χ1v) is 8.20. The van der Waals surface area contributed by atoms with Crippen molar-refractivity contribution >= 4 is 18.0 Å². The molecule has 0 saturated carbocycles. The number of aliphatic carboxylic acids is 1. The number of carboxylic acid groups (broad SMARTS) is 1. The van der Waals surface area contributed by atoms with Crippen LogP contribution in [0.25, 0.3) is 0 Å². The Labute approximate surface area is 136 Å². The summed E-state index contributed by atoms with van der Waals surface area (Å²) >= 11 is 0. The monoisotopic (exact) mass is 326 g/mol. The standard InChI is InChI=1S/C16H26N2O5/c1-16(2,3)23-15(22)18-9-6-11(10-12(18)14(20)21)13(19)17-7-4-5-8-17/h11-12H,4-10H2,1-3H3,(H,20,21)/t11-,12+/m0/s1. The Bertz CT molecular complexity index is 479. The molecule has 0 aromatic carbocycles. The fourth-order valence-electron chi connectivity index (χ4n) is 3.16. The molecule has 2 amide bonds. The summed E-state index contributed by atoms with van der Waals surface area (Å²) in [5, 5.41) is 9.45. The molecule has 0 bridgehead atoms. The molecule has 2 atom stereocenters. The van der Waals surface area contributed by atoms with Crippen LogP contribution in [-0.2, 0) is 14.3 Å². The Balaban J connectivity index is 2.04. The lowest BCUT2D eigenvalue weighted by atomic mass is 9.90. The van der Waals surface area contributed by atoms with E-state index < -0.39 is 23.7 Å². The first-order valence-electron chi connectivity index (χ1n) is 8.20. The summed E-state index contributed by atoms with van der Waals surface area (Å²) in [5.41, 5.74) is -0.678. The maximum atomic E-state index is 12.5. The molecule has 0 aliphatic carbocycles. The fraction of sp³-hybridized carbons (Fsp3) is 0.812. The molecule has 0 unspecified atom stereocenters. The number of carbonyl (C=O) groups is 3. The second-order valence-electron chi connectivity index (χ2n) is 7.28. The van der Waals surface area contributed by atoms with Gasteiger partial charge in [0.1, 0.15) is 11.6 Å². The van der Waals surface area contributed by atoms with Crippen LogP contribution in [0.4, 0.5) is 4.79 Å². The fourth-order valence-corrected chi connectivity index (χ4v) is 3.16. The highest BCUT2D eigenvalue weighted by Crippen LogP contribution is 2.27. The van der Waals surface area contributed by atoms with Gasteiger partial charge >= 0.3 is 12.1 Å². The van der Waals surface area contributed by atoms with E-state index in [-0.39, 0.29) is 24.8 Å². The number of carbonyl (C=O) groups excluding carboxylic acids is 2. The number of amides is 2. The predicted molar refractivity (Wildman–Crippen MR) is 82.9 cm³/mol. The molecule has 0 aromatic rings.